The molecule has 0 amide bonds. The quantitative estimate of drug-likeness (QED) is 0.495. The molecule has 2 nitrogen and oxygen atoms in total. The van der Waals surface area contributed by atoms with Crippen molar-refractivity contribution in [2.75, 3.05) is 13.2 Å². The van der Waals surface area contributed by atoms with Crippen molar-refractivity contribution in [1.29, 1.82) is 0 Å². The number of alkyl halides is 2. The number of rotatable bonds is 7. The van der Waals surface area contributed by atoms with Gasteiger partial charge in [0.25, 0.3) is 0 Å². The fourth-order valence-electron chi connectivity index (χ4n) is 1.75. The smallest absolute Gasteiger partial charge is 0.122 e. The van der Waals surface area contributed by atoms with E-state index in [4.69, 9.17) is 9.47 Å². The van der Waals surface area contributed by atoms with Gasteiger partial charge in [-0.15, -0.1) is 0 Å². The van der Waals surface area contributed by atoms with Gasteiger partial charge in [-0.3, -0.25) is 0 Å². The van der Waals surface area contributed by atoms with Crippen LogP contribution in [0, 0.1) is 6.07 Å². The summed E-state index contributed by atoms with van der Waals surface area (Å²) in [4.78, 5) is 0. The maximum atomic E-state index is 5.74. The minimum Gasteiger partial charge on any atom is -0.490 e. The molecule has 2 aromatic carbocycles. The topological polar surface area (TPSA) is 18.5 Å². The third kappa shape index (κ3) is 4.84. The van der Waals surface area contributed by atoms with Gasteiger partial charge < -0.3 is 9.47 Å². The number of ether oxygens (including phenoxy) is 2. The second-order valence-electron chi connectivity index (χ2n) is 4.19. The minimum absolute atomic E-state index is 0.520. The van der Waals surface area contributed by atoms with Crippen LogP contribution >= 0.6 is 31.9 Å². The fourth-order valence-corrected chi connectivity index (χ4v) is 2.40. The molecule has 0 aromatic heterocycles. The summed E-state index contributed by atoms with van der Waals surface area (Å²) in [5.74, 6) is 1.71. The first-order valence-corrected chi connectivity index (χ1v) is 8.52. The third-order valence-electron chi connectivity index (χ3n) is 2.64. The van der Waals surface area contributed by atoms with Crippen molar-refractivity contribution in [2.45, 2.75) is 10.7 Å². The lowest BCUT2D eigenvalue weighted by Gasteiger charge is -2.10. The molecular weight excluding hydrogens is 384 g/mol. The highest BCUT2D eigenvalue weighted by atomic mass is 79.9. The molecule has 0 bridgehead atoms. The first kappa shape index (κ1) is 15.4. The molecule has 0 aliphatic carbocycles. The van der Waals surface area contributed by atoms with E-state index in [-0.39, 0.29) is 0 Å². The Bertz CT molecular complexity index is 507. The second kappa shape index (κ2) is 8.32. The summed E-state index contributed by atoms with van der Waals surface area (Å²) in [6, 6.07) is 16.6. The van der Waals surface area contributed by atoms with Crippen molar-refractivity contribution in [1.82, 2.24) is 0 Å². The lowest BCUT2D eigenvalue weighted by atomic mass is 10.1. The van der Waals surface area contributed by atoms with Gasteiger partial charge in [-0.25, -0.2) is 0 Å². The maximum absolute atomic E-state index is 5.74. The molecule has 0 aliphatic rings. The first-order valence-electron chi connectivity index (χ1n) is 6.28. The van der Waals surface area contributed by atoms with E-state index >= 15 is 0 Å². The first-order chi connectivity index (χ1) is 9.81. The van der Waals surface area contributed by atoms with Gasteiger partial charge in [0.15, 0.2) is 0 Å². The SMILES string of the molecule is BrCc1cc(CBr)cc(OCCOc2cc[c]cc2)c1. The molecule has 0 saturated carbocycles. The van der Waals surface area contributed by atoms with Crippen molar-refractivity contribution in [3.63, 3.8) is 0 Å². The molecule has 2 rings (SSSR count). The van der Waals surface area contributed by atoms with E-state index in [1.165, 1.54) is 11.1 Å². The third-order valence-corrected chi connectivity index (χ3v) is 3.94. The molecule has 2 aromatic rings. The Labute approximate surface area is 136 Å². The van der Waals surface area contributed by atoms with Crippen LogP contribution in [0.3, 0.4) is 0 Å². The van der Waals surface area contributed by atoms with E-state index in [1.54, 1.807) is 0 Å². The molecule has 0 aliphatic heterocycles. The molecule has 0 fully saturated rings. The number of hydrogen-bond donors (Lipinski definition) is 0. The average Bonchev–Trinajstić information content (AvgIpc) is 2.52. The Hall–Kier alpha value is -1.00. The zero-order valence-corrected chi connectivity index (χ0v) is 14.1. The number of halogens is 2. The van der Waals surface area contributed by atoms with Gasteiger partial charge in [0.1, 0.15) is 24.7 Å². The van der Waals surface area contributed by atoms with Crippen LogP contribution in [0.25, 0.3) is 0 Å². The van der Waals surface area contributed by atoms with Crippen molar-refractivity contribution in [3.05, 3.63) is 59.7 Å². The molecule has 20 heavy (non-hydrogen) atoms. The lowest BCUT2D eigenvalue weighted by Crippen LogP contribution is -2.09. The van der Waals surface area contributed by atoms with E-state index in [0.717, 1.165) is 22.2 Å². The summed E-state index contributed by atoms with van der Waals surface area (Å²) in [5, 5.41) is 1.64. The van der Waals surface area contributed by atoms with Crippen LogP contribution in [0.2, 0.25) is 0 Å². The molecule has 105 valence electrons. The van der Waals surface area contributed by atoms with E-state index in [1.807, 2.05) is 36.4 Å². The Morgan fingerprint density at radius 1 is 0.800 bits per heavy atom. The monoisotopic (exact) mass is 397 g/mol. The molecule has 0 atom stereocenters. The Kier molecular flexibility index (Phi) is 6.40. The van der Waals surface area contributed by atoms with Gasteiger partial charge in [0, 0.05) is 10.7 Å². The Morgan fingerprint density at radius 2 is 1.35 bits per heavy atom. The van der Waals surface area contributed by atoms with Gasteiger partial charge in [0.2, 0.25) is 0 Å². The van der Waals surface area contributed by atoms with Crippen molar-refractivity contribution in [3.8, 4) is 11.5 Å². The fraction of sp³-hybridized carbons (Fsp3) is 0.250. The van der Waals surface area contributed by atoms with Crippen LogP contribution < -0.4 is 9.47 Å². The molecule has 0 saturated heterocycles. The summed E-state index contributed by atoms with van der Waals surface area (Å²) < 4.78 is 11.3. The Morgan fingerprint density at radius 3 is 1.90 bits per heavy atom. The highest BCUT2D eigenvalue weighted by molar-refractivity contribution is 9.08. The predicted octanol–water partition coefficient (Wildman–Crippen LogP) is 4.73. The van der Waals surface area contributed by atoms with Crippen LogP contribution in [0.15, 0.2) is 42.5 Å². The summed E-state index contributed by atoms with van der Waals surface area (Å²) in [5.41, 5.74) is 2.41. The molecule has 0 unspecified atom stereocenters. The predicted molar refractivity (Wildman–Crippen MR) is 88.0 cm³/mol. The van der Waals surface area contributed by atoms with E-state index in [9.17, 15) is 0 Å². The lowest BCUT2D eigenvalue weighted by molar-refractivity contribution is 0.217. The molecule has 4 heteroatoms. The molecule has 0 N–H and O–H groups in total. The van der Waals surface area contributed by atoms with Gasteiger partial charge in [0.05, 0.1) is 0 Å². The number of benzene rings is 2. The van der Waals surface area contributed by atoms with Crippen molar-refractivity contribution < 1.29 is 9.47 Å². The second-order valence-corrected chi connectivity index (χ2v) is 5.31. The van der Waals surface area contributed by atoms with Crippen LogP contribution in [0.5, 0.6) is 11.5 Å². The zero-order chi connectivity index (χ0) is 14.2. The van der Waals surface area contributed by atoms with E-state index in [2.05, 4.69) is 44.0 Å². The molecule has 1 radical (unpaired) electrons. The van der Waals surface area contributed by atoms with Gasteiger partial charge in [-0.1, -0.05) is 50.1 Å². The summed E-state index contributed by atoms with van der Waals surface area (Å²) in [6.45, 7) is 1.04. The van der Waals surface area contributed by atoms with Crippen molar-refractivity contribution >= 4 is 31.9 Å². The zero-order valence-electron chi connectivity index (χ0n) is 10.9. The van der Waals surface area contributed by atoms with Crippen LogP contribution in [0.1, 0.15) is 11.1 Å². The maximum Gasteiger partial charge on any atom is 0.122 e. The van der Waals surface area contributed by atoms with Gasteiger partial charge in [-0.05, 0) is 41.5 Å². The Balaban J connectivity index is 1.84. The minimum atomic E-state index is 0.520. The summed E-state index contributed by atoms with van der Waals surface area (Å²) in [6.07, 6.45) is 0. The molecular formula is C16H15Br2O2. The van der Waals surface area contributed by atoms with Crippen LogP contribution in [-0.2, 0) is 10.7 Å². The largest absolute Gasteiger partial charge is 0.490 e. The summed E-state index contributed by atoms with van der Waals surface area (Å²) >= 11 is 6.94. The molecule has 0 heterocycles. The van der Waals surface area contributed by atoms with Crippen LogP contribution in [0.4, 0.5) is 0 Å². The van der Waals surface area contributed by atoms with Crippen LogP contribution in [-0.4, -0.2) is 13.2 Å². The van der Waals surface area contributed by atoms with Gasteiger partial charge >= 0.3 is 0 Å². The highest BCUT2D eigenvalue weighted by Gasteiger charge is 2.01. The highest BCUT2D eigenvalue weighted by Crippen LogP contribution is 2.21. The summed E-state index contributed by atoms with van der Waals surface area (Å²) in [7, 11) is 0. The normalized spacial score (nSPS) is 10.3. The van der Waals surface area contributed by atoms with Crippen molar-refractivity contribution in [2.24, 2.45) is 0 Å². The molecule has 0 spiro atoms. The standard InChI is InChI=1S/C16H15Br2O2/c17-11-13-8-14(12-18)10-16(9-13)20-7-6-19-15-4-2-1-3-5-15/h2-5,8-10H,6-7,11-12H2. The average molecular weight is 399 g/mol. The van der Waals surface area contributed by atoms with E-state index in [0.29, 0.717) is 13.2 Å². The van der Waals surface area contributed by atoms with E-state index < -0.39 is 0 Å². The number of hydrogen-bond acceptors (Lipinski definition) is 2. The van der Waals surface area contributed by atoms with Gasteiger partial charge in [-0.2, -0.15) is 0 Å².